The molecule has 0 saturated carbocycles. The molecule has 0 unspecified atom stereocenters. The van der Waals surface area contributed by atoms with Gasteiger partial charge in [0, 0.05) is 26.6 Å². The van der Waals surface area contributed by atoms with Crippen LogP contribution < -0.4 is 15.3 Å². The summed E-state index contributed by atoms with van der Waals surface area (Å²) in [4.78, 5) is 5.20. The molecule has 0 atom stereocenters. The molecular weight excluding hydrogens is 507 g/mol. The van der Waals surface area contributed by atoms with Crippen molar-refractivity contribution in [3.8, 4) is 11.1 Å². The number of anilines is 3. The average Bonchev–Trinajstić information content (AvgIpc) is 2.98. The van der Waals surface area contributed by atoms with Gasteiger partial charge in [-0.05, 0) is 69.4 Å². The number of benzene rings is 6. The van der Waals surface area contributed by atoms with E-state index in [2.05, 4.69) is 158 Å². The van der Waals surface area contributed by atoms with Crippen molar-refractivity contribution in [3.05, 3.63) is 140 Å². The smallest absolute Gasteiger partial charge is 0.115 e. The van der Waals surface area contributed by atoms with Gasteiger partial charge in [-0.25, -0.2) is 0 Å². The van der Waals surface area contributed by atoms with Gasteiger partial charge in [-0.15, -0.1) is 0 Å². The van der Waals surface area contributed by atoms with E-state index in [0.717, 1.165) is 11.4 Å². The molecule has 0 fully saturated rings. The van der Waals surface area contributed by atoms with E-state index in [1.165, 1.54) is 42.6 Å². The molecule has 7 rings (SSSR count). The van der Waals surface area contributed by atoms with Crippen molar-refractivity contribution < 1.29 is 0 Å². The Labute approximate surface area is 235 Å². The molecule has 0 bridgehead atoms. The zero-order valence-electron chi connectivity index (χ0n) is 22.1. The Morgan fingerprint density at radius 2 is 1.15 bits per heavy atom. The van der Waals surface area contributed by atoms with E-state index in [-0.39, 0.29) is 0 Å². The van der Waals surface area contributed by atoms with Crippen LogP contribution in [0.2, 0.25) is 13.1 Å². The van der Waals surface area contributed by atoms with Crippen LogP contribution in [0.4, 0.5) is 17.1 Å². The van der Waals surface area contributed by atoms with Crippen molar-refractivity contribution in [2.45, 2.75) is 22.9 Å². The highest BCUT2D eigenvalue weighted by Crippen LogP contribution is 2.40. The molecule has 0 spiro atoms. The molecular formula is C36H29NSSi. The molecule has 1 aliphatic heterocycles. The van der Waals surface area contributed by atoms with Crippen LogP contribution in [-0.2, 0) is 0 Å². The maximum absolute atomic E-state index is 2.49. The minimum atomic E-state index is -1.77. The van der Waals surface area contributed by atoms with Gasteiger partial charge in [0.05, 0.1) is 5.69 Å². The van der Waals surface area contributed by atoms with Crippen molar-refractivity contribution in [1.82, 2.24) is 0 Å². The van der Waals surface area contributed by atoms with Gasteiger partial charge in [0.2, 0.25) is 0 Å². The molecule has 6 aromatic carbocycles. The molecule has 0 amide bonds. The topological polar surface area (TPSA) is 3.24 Å². The average molecular weight is 536 g/mol. The van der Waals surface area contributed by atoms with Gasteiger partial charge in [0.25, 0.3) is 0 Å². The molecule has 0 aliphatic carbocycles. The lowest BCUT2D eigenvalue weighted by molar-refractivity contribution is 1.30. The predicted octanol–water partition coefficient (Wildman–Crippen LogP) is 9.26. The molecule has 1 nitrogen and oxygen atoms in total. The fourth-order valence-electron chi connectivity index (χ4n) is 5.83. The van der Waals surface area contributed by atoms with Gasteiger partial charge < -0.3 is 4.90 Å². The second-order valence-electron chi connectivity index (χ2n) is 10.7. The Morgan fingerprint density at radius 3 is 2.00 bits per heavy atom. The Balaban J connectivity index is 1.30. The quantitative estimate of drug-likeness (QED) is 0.207. The molecule has 0 aromatic heterocycles. The zero-order valence-corrected chi connectivity index (χ0v) is 24.0. The first kappa shape index (κ1) is 24.0. The first-order valence-electron chi connectivity index (χ1n) is 13.4. The minimum absolute atomic E-state index is 1.15. The highest BCUT2D eigenvalue weighted by atomic mass is 32.2. The first-order chi connectivity index (χ1) is 19.1. The van der Waals surface area contributed by atoms with Gasteiger partial charge in [0.1, 0.15) is 8.07 Å². The fraction of sp³-hybridized carbons (Fsp3) is 0.0556. The highest BCUT2D eigenvalue weighted by Gasteiger charge is 2.35. The summed E-state index contributed by atoms with van der Waals surface area (Å²) in [5.41, 5.74) is 6.03. The standard InChI is InChI=1S/C36H29NSSi/c1-39(2)35-18-9-8-17-33(35)38-34-24-21-28(25-36(34)39)26-19-22-30(23-20-26)37(29-13-4-3-5-14-29)32-16-10-12-27-11-6-7-15-31(27)32/h3-25H,1-2H3. The van der Waals surface area contributed by atoms with E-state index < -0.39 is 8.07 Å². The molecule has 0 N–H and O–H groups in total. The number of rotatable bonds is 4. The van der Waals surface area contributed by atoms with Crippen molar-refractivity contribution >= 4 is 58.0 Å². The number of fused-ring (bicyclic) bond motifs is 3. The van der Waals surface area contributed by atoms with E-state index in [4.69, 9.17) is 0 Å². The Kier molecular flexibility index (Phi) is 5.91. The largest absolute Gasteiger partial charge is 0.310 e. The summed E-state index contributed by atoms with van der Waals surface area (Å²) in [6.45, 7) is 4.97. The van der Waals surface area contributed by atoms with Gasteiger partial charge in [-0.1, -0.05) is 122 Å². The molecule has 188 valence electrons. The summed E-state index contributed by atoms with van der Waals surface area (Å²) < 4.78 is 0. The molecule has 39 heavy (non-hydrogen) atoms. The van der Waals surface area contributed by atoms with E-state index in [1.807, 2.05) is 11.8 Å². The lowest BCUT2D eigenvalue weighted by Gasteiger charge is -2.33. The normalized spacial score (nSPS) is 13.5. The Morgan fingerprint density at radius 1 is 0.513 bits per heavy atom. The third-order valence-electron chi connectivity index (χ3n) is 7.91. The van der Waals surface area contributed by atoms with Crippen LogP contribution in [0.15, 0.2) is 149 Å². The van der Waals surface area contributed by atoms with Crippen molar-refractivity contribution in [2.75, 3.05) is 4.90 Å². The molecule has 1 aliphatic rings. The zero-order chi connectivity index (χ0) is 26.4. The van der Waals surface area contributed by atoms with E-state index >= 15 is 0 Å². The van der Waals surface area contributed by atoms with Crippen LogP contribution in [0, 0.1) is 0 Å². The lowest BCUT2D eigenvalue weighted by atomic mass is 10.0. The van der Waals surface area contributed by atoms with Crippen molar-refractivity contribution in [1.29, 1.82) is 0 Å². The maximum atomic E-state index is 2.49. The van der Waals surface area contributed by atoms with Crippen molar-refractivity contribution in [3.63, 3.8) is 0 Å². The Bertz CT molecular complexity index is 1800. The van der Waals surface area contributed by atoms with Crippen LogP contribution >= 0.6 is 11.8 Å². The van der Waals surface area contributed by atoms with E-state index in [0.29, 0.717) is 0 Å². The van der Waals surface area contributed by atoms with Crippen LogP contribution in [0.1, 0.15) is 0 Å². The lowest BCUT2D eigenvalue weighted by Crippen LogP contribution is -2.56. The maximum Gasteiger partial charge on any atom is 0.115 e. The molecule has 0 radical (unpaired) electrons. The minimum Gasteiger partial charge on any atom is -0.310 e. The van der Waals surface area contributed by atoms with Crippen LogP contribution in [0.25, 0.3) is 21.9 Å². The predicted molar refractivity (Wildman–Crippen MR) is 171 cm³/mol. The monoisotopic (exact) mass is 535 g/mol. The summed E-state index contributed by atoms with van der Waals surface area (Å²) in [6, 6.07) is 50.9. The van der Waals surface area contributed by atoms with Gasteiger partial charge in [-0.3, -0.25) is 0 Å². The summed E-state index contributed by atoms with van der Waals surface area (Å²) >= 11 is 1.92. The summed E-state index contributed by atoms with van der Waals surface area (Å²) in [5, 5.41) is 5.57. The van der Waals surface area contributed by atoms with Crippen LogP contribution in [0.5, 0.6) is 0 Å². The fourth-order valence-corrected chi connectivity index (χ4v) is 11.3. The number of para-hydroxylation sites is 1. The second kappa shape index (κ2) is 9.60. The highest BCUT2D eigenvalue weighted by molar-refractivity contribution is 8.00. The summed E-state index contributed by atoms with van der Waals surface area (Å²) in [6.07, 6.45) is 0. The van der Waals surface area contributed by atoms with E-state index in [1.54, 1.807) is 5.19 Å². The molecule has 3 heteroatoms. The number of hydrogen-bond donors (Lipinski definition) is 0. The van der Waals surface area contributed by atoms with E-state index in [9.17, 15) is 0 Å². The van der Waals surface area contributed by atoms with Crippen LogP contribution in [0.3, 0.4) is 0 Å². The molecule has 6 aromatic rings. The third-order valence-corrected chi connectivity index (χ3v) is 13.0. The van der Waals surface area contributed by atoms with Gasteiger partial charge >= 0.3 is 0 Å². The molecule has 0 saturated heterocycles. The molecule has 1 heterocycles. The van der Waals surface area contributed by atoms with Gasteiger partial charge in [0.15, 0.2) is 0 Å². The SMILES string of the molecule is C[Si]1(C)c2ccccc2Sc2ccc(-c3ccc(N(c4ccccc4)c4cccc5ccccc45)cc3)cc21. The van der Waals surface area contributed by atoms with Gasteiger partial charge in [-0.2, -0.15) is 0 Å². The number of hydrogen-bond acceptors (Lipinski definition) is 2. The Hall–Kier alpha value is -4.05. The van der Waals surface area contributed by atoms with Crippen LogP contribution in [-0.4, -0.2) is 8.07 Å². The third kappa shape index (κ3) is 4.19. The summed E-state index contributed by atoms with van der Waals surface area (Å²) in [7, 11) is -1.77. The summed E-state index contributed by atoms with van der Waals surface area (Å²) in [5.74, 6) is 0. The second-order valence-corrected chi connectivity index (χ2v) is 16.1. The first-order valence-corrected chi connectivity index (χ1v) is 17.3. The van der Waals surface area contributed by atoms with Crippen molar-refractivity contribution in [2.24, 2.45) is 0 Å². The number of nitrogens with zero attached hydrogens (tertiary/aromatic N) is 1.